The van der Waals surface area contributed by atoms with Crippen LogP contribution in [0.1, 0.15) is 17.3 Å². The van der Waals surface area contributed by atoms with Gasteiger partial charge in [-0.25, -0.2) is 9.59 Å². The third-order valence-corrected chi connectivity index (χ3v) is 2.41. The summed E-state index contributed by atoms with van der Waals surface area (Å²) >= 11 is 5.74. The van der Waals surface area contributed by atoms with Crippen molar-refractivity contribution in [2.75, 3.05) is 7.05 Å². The Bertz CT molecular complexity index is 504. The summed E-state index contributed by atoms with van der Waals surface area (Å²) in [5.74, 6) is -1.41. The van der Waals surface area contributed by atoms with Gasteiger partial charge >= 0.3 is 12.0 Å². The minimum atomic E-state index is -1.09. The Morgan fingerprint density at radius 2 is 2.00 bits per heavy atom. The summed E-state index contributed by atoms with van der Waals surface area (Å²) < 4.78 is 4.91. The van der Waals surface area contributed by atoms with E-state index in [4.69, 9.17) is 16.3 Å². The number of carbonyl (C=O) groups excluding carboxylic acids is 3. The van der Waals surface area contributed by atoms with Gasteiger partial charge in [0, 0.05) is 12.1 Å². The average Bonchev–Trinajstić information content (AvgIpc) is 2.38. The van der Waals surface area contributed by atoms with Gasteiger partial charge in [0.15, 0.2) is 6.10 Å². The first kappa shape index (κ1) is 15.0. The molecule has 0 aliphatic carbocycles. The summed E-state index contributed by atoms with van der Waals surface area (Å²) in [6.45, 7) is 1.36. The van der Waals surface area contributed by atoms with Crippen LogP contribution in [0, 0.1) is 0 Å². The van der Waals surface area contributed by atoms with Crippen LogP contribution < -0.4 is 10.6 Å². The van der Waals surface area contributed by atoms with Gasteiger partial charge in [-0.05, 0) is 25.1 Å². The van der Waals surface area contributed by atoms with Crippen LogP contribution in [0.3, 0.4) is 0 Å². The second-order valence-electron chi connectivity index (χ2n) is 3.63. The number of imide groups is 1. The third kappa shape index (κ3) is 4.59. The number of esters is 1. The summed E-state index contributed by atoms with van der Waals surface area (Å²) in [6.07, 6.45) is -1.09. The summed E-state index contributed by atoms with van der Waals surface area (Å²) in [7, 11) is 1.37. The Balaban J connectivity index is 2.61. The zero-order valence-electron chi connectivity index (χ0n) is 10.4. The molecule has 0 bridgehead atoms. The molecule has 7 heteroatoms. The molecule has 1 aromatic rings. The van der Waals surface area contributed by atoms with Crippen molar-refractivity contribution in [1.82, 2.24) is 10.6 Å². The highest BCUT2D eigenvalue weighted by Gasteiger charge is 2.20. The molecule has 1 atom stereocenters. The van der Waals surface area contributed by atoms with Gasteiger partial charge in [0.25, 0.3) is 5.91 Å². The van der Waals surface area contributed by atoms with Crippen LogP contribution in [0.15, 0.2) is 24.3 Å². The number of amides is 3. The number of carbonyl (C=O) groups is 3. The van der Waals surface area contributed by atoms with E-state index in [2.05, 4.69) is 5.32 Å². The third-order valence-electron chi connectivity index (χ3n) is 2.18. The molecule has 2 N–H and O–H groups in total. The fourth-order valence-corrected chi connectivity index (χ4v) is 1.36. The summed E-state index contributed by atoms with van der Waals surface area (Å²) in [6, 6.07) is 5.47. The first-order valence-electron chi connectivity index (χ1n) is 5.43. The highest BCUT2D eigenvalue weighted by Crippen LogP contribution is 2.12. The van der Waals surface area contributed by atoms with E-state index in [1.54, 1.807) is 12.1 Å². The number of hydrogen-bond donors (Lipinski definition) is 2. The van der Waals surface area contributed by atoms with E-state index in [0.29, 0.717) is 5.02 Å². The van der Waals surface area contributed by atoms with Gasteiger partial charge in [-0.2, -0.15) is 0 Å². The highest BCUT2D eigenvalue weighted by atomic mass is 35.5. The van der Waals surface area contributed by atoms with Crippen molar-refractivity contribution in [2.45, 2.75) is 13.0 Å². The van der Waals surface area contributed by atoms with E-state index in [1.165, 1.54) is 26.1 Å². The van der Waals surface area contributed by atoms with E-state index in [9.17, 15) is 14.4 Å². The normalized spacial score (nSPS) is 11.3. The molecule has 0 spiro atoms. The minimum absolute atomic E-state index is 0.229. The van der Waals surface area contributed by atoms with Crippen LogP contribution in [0.25, 0.3) is 0 Å². The number of hydrogen-bond acceptors (Lipinski definition) is 4. The Morgan fingerprint density at radius 1 is 1.32 bits per heavy atom. The second kappa shape index (κ2) is 6.75. The molecular weight excluding hydrogens is 272 g/mol. The predicted molar refractivity (Wildman–Crippen MR) is 68.9 cm³/mol. The fraction of sp³-hybridized carbons (Fsp3) is 0.250. The van der Waals surface area contributed by atoms with Crippen molar-refractivity contribution in [3.8, 4) is 0 Å². The molecule has 1 rings (SSSR count). The molecule has 0 heterocycles. The zero-order chi connectivity index (χ0) is 14.4. The molecule has 0 unspecified atom stereocenters. The van der Waals surface area contributed by atoms with Gasteiger partial charge in [0.05, 0.1) is 5.56 Å². The lowest BCUT2D eigenvalue weighted by atomic mass is 10.2. The predicted octanol–water partition coefficient (Wildman–Crippen LogP) is 1.34. The lowest BCUT2D eigenvalue weighted by molar-refractivity contribution is -0.127. The monoisotopic (exact) mass is 284 g/mol. The first-order chi connectivity index (χ1) is 8.93. The molecular formula is C12H13ClN2O4. The lowest BCUT2D eigenvalue weighted by Crippen LogP contribution is -2.43. The molecule has 0 aromatic heterocycles. The average molecular weight is 285 g/mol. The molecule has 1 aromatic carbocycles. The van der Waals surface area contributed by atoms with E-state index < -0.39 is 24.0 Å². The van der Waals surface area contributed by atoms with Crippen LogP contribution in [-0.2, 0) is 9.53 Å². The largest absolute Gasteiger partial charge is 0.449 e. The first-order valence-corrected chi connectivity index (χ1v) is 5.81. The fourth-order valence-electron chi connectivity index (χ4n) is 1.17. The van der Waals surface area contributed by atoms with E-state index >= 15 is 0 Å². The minimum Gasteiger partial charge on any atom is -0.449 e. The zero-order valence-corrected chi connectivity index (χ0v) is 11.2. The van der Waals surface area contributed by atoms with Crippen molar-refractivity contribution in [2.24, 2.45) is 0 Å². The van der Waals surface area contributed by atoms with E-state index in [1.807, 2.05) is 5.32 Å². The van der Waals surface area contributed by atoms with Crippen LogP contribution in [0.2, 0.25) is 5.02 Å². The van der Waals surface area contributed by atoms with Crippen molar-refractivity contribution in [3.63, 3.8) is 0 Å². The number of ether oxygens (including phenoxy) is 1. The molecule has 0 fully saturated rings. The van der Waals surface area contributed by atoms with Gasteiger partial charge in [-0.15, -0.1) is 0 Å². The van der Waals surface area contributed by atoms with Crippen LogP contribution in [0.5, 0.6) is 0 Å². The number of rotatable bonds is 3. The Hall–Kier alpha value is -2.08. The summed E-state index contributed by atoms with van der Waals surface area (Å²) in [4.78, 5) is 34.1. The van der Waals surface area contributed by atoms with Gasteiger partial charge in [-0.3, -0.25) is 10.1 Å². The van der Waals surface area contributed by atoms with Crippen molar-refractivity contribution < 1.29 is 19.1 Å². The SMILES string of the molecule is CNC(=O)NC(=O)[C@H](C)OC(=O)c1cccc(Cl)c1. The van der Waals surface area contributed by atoms with Crippen molar-refractivity contribution in [1.29, 1.82) is 0 Å². The Morgan fingerprint density at radius 3 is 2.58 bits per heavy atom. The van der Waals surface area contributed by atoms with Crippen LogP contribution in [-0.4, -0.2) is 31.1 Å². The Labute approximate surface area is 115 Å². The van der Waals surface area contributed by atoms with E-state index in [0.717, 1.165) is 0 Å². The van der Waals surface area contributed by atoms with Crippen LogP contribution >= 0.6 is 11.6 Å². The van der Waals surface area contributed by atoms with Crippen LogP contribution in [0.4, 0.5) is 4.79 Å². The highest BCUT2D eigenvalue weighted by molar-refractivity contribution is 6.30. The molecule has 0 aliphatic rings. The molecule has 6 nitrogen and oxygen atoms in total. The standard InChI is InChI=1S/C12H13ClN2O4/c1-7(10(16)15-12(18)14-2)19-11(17)8-4-3-5-9(13)6-8/h3-7H,1-2H3,(H2,14,15,16,18)/t7-/m0/s1. The molecule has 19 heavy (non-hydrogen) atoms. The van der Waals surface area contributed by atoms with Gasteiger partial charge in [-0.1, -0.05) is 17.7 Å². The number of benzene rings is 1. The number of urea groups is 1. The van der Waals surface area contributed by atoms with Gasteiger partial charge < -0.3 is 10.1 Å². The quantitative estimate of drug-likeness (QED) is 0.820. The van der Waals surface area contributed by atoms with Crippen molar-refractivity contribution in [3.05, 3.63) is 34.9 Å². The lowest BCUT2D eigenvalue weighted by Gasteiger charge is -2.12. The molecule has 3 amide bonds. The molecule has 0 saturated carbocycles. The molecule has 102 valence electrons. The van der Waals surface area contributed by atoms with Crippen molar-refractivity contribution >= 4 is 29.5 Å². The topological polar surface area (TPSA) is 84.5 Å². The maximum Gasteiger partial charge on any atom is 0.338 e. The maximum atomic E-state index is 11.7. The molecule has 0 saturated heterocycles. The van der Waals surface area contributed by atoms with Gasteiger partial charge in [0.2, 0.25) is 0 Å². The maximum absolute atomic E-state index is 11.7. The number of nitrogens with one attached hydrogen (secondary N) is 2. The molecule has 0 radical (unpaired) electrons. The summed E-state index contributed by atoms with van der Waals surface area (Å²) in [5.41, 5.74) is 0.229. The Kier molecular flexibility index (Phi) is 5.32. The second-order valence-corrected chi connectivity index (χ2v) is 4.06. The van der Waals surface area contributed by atoms with Gasteiger partial charge in [0.1, 0.15) is 0 Å². The number of halogens is 1. The summed E-state index contributed by atoms with van der Waals surface area (Å²) in [5, 5.41) is 4.61. The molecule has 0 aliphatic heterocycles. The van der Waals surface area contributed by atoms with E-state index in [-0.39, 0.29) is 5.56 Å². The smallest absolute Gasteiger partial charge is 0.338 e.